The summed E-state index contributed by atoms with van der Waals surface area (Å²) in [6.07, 6.45) is 2.09. The Morgan fingerprint density at radius 1 is 0.500 bits per heavy atom. The first-order valence-corrected chi connectivity index (χ1v) is 17.8. The van der Waals surface area contributed by atoms with Crippen molar-refractivity contribution in [3.63, 3.8) is 0 Å². The Morgan fingerprint density at radius 3 is 0.800 bits per heavy atom. The molecule has 0 bridgehead atoms. The van der Waals surface area contributed by atoms with E-state index in [0.717, 1.165) is 12.6 Å². The summed E-state index contributed by atoms with van der Waals surface area (Å²) in [4.78, 5) is 2.73. The molecule has 0 aliphatic heterocycles. The molecule has 0 saturated heterocycles. The normalized spacial score (nSPS) is 10.6. The van der Waals surface area contributed by atoms with Crippen LogP contribution in [0.1, 0.15) is 34.6 Å². The van der Waals surface area contributed by atoms with Gasteiger partial charge in [-0.25, -0.2) is 0 Å². The molecule has 0 aliphatic carbocycles. The van der Waals surface area contributed by atoms with Gasteiger partial charge in [0, 0.05) is 32.0 Å². The van der Waals surface area contributed by atoms with Crippen LogP contribution in [0.2, 0.25) is 0 Å². The second-order valence-corrected chi connectivity index (χ2v) is 15.0. The number of nitrogens with zero attached hydrogens (tertiary/aromatic N) is 3. The number of halogens is 8. The maximum Gasteiger partial charge on any atom is 2.00 e. The van der Waals surface area contributed by atoms with E-state index in [2.05, 4.69) is 147 Å². The van der Waals surface area contributed by atoms with Gasteiger partial charge in [0.2, 0.25) is 0 Å². The maximum atomic E-state index is 9.75. The van der Waals surface area contributed by atoms with Crippen LogP contribution in [0.25, 0.3) is 0 Å². The van der Waals surface area contributed by atoms with Crippen LogP contribution in [0.3, 0.4) is 0 Å². The van der Waals surface area contributed by atoms with Crippen molar-refractivity contribution in [2.75, 3.05) is 12.6 Å². The topological polar surface area (TPSA) is 50.8 Å². The molecule has 0 unspecified atom stereocenters. The van der Waals surface area contributed by atoms with Gasteiger partial charge < -0.3 is 34.5 Å². The summed E-state index contributed by atoms with van der Waals surface area (Å²) in [5, 5.41) is 20.4. The van der Waals surface area contributed by atoms with Crippen LogP contribution in [0.4, 0.5) is 34.5 Å². The van der Waals surface area contributed by atoms with Crippen LogP contribution >= 0.6 is 15.8 Å². The Kier molecular flexibility index (Phi) is 25.3. The quantitative estimate of drug-likeness (QED) is 0.101. The molecule has 0 N–H and O–H groups in total. The molecule has 272 valence electrons. The van der Waals surface area contributed by atoms with Crippen molar-refractivity contribution >= 4 is 51.6 Å². The fourth-order valence-corrected chi connectivity index (χ4v) is 9.13. The van der Waals surface area contributed by atoms with Gasteiger partial charge in [0.25, 0.3) is 0 Å². The van der Waals surface area contributed by atoms with E-state index in [-0.39, 0.29) is 26.0 Å². The number of rotatable bonds is 8. The Labute approximate surface area is 307 Å². The van der Waals surface area contributed by atoms with E-state index in [9.17, 15) is 34.5 Å². The van der Waals surface area contributed by atoms with Crippen molar-refractivity contribution in [1.29, 1.82) is 10.5 Å². The van der Waals surface area contributed by atoms with Gasteiger partial charge in [-0.15, -0.1) is 0 Å². The minimum absolute atomic E-state index is 0. The van der Waals surface area contributed by atoms with Crippen molar-refractivity contribution in [3.8, 4) is 12.1 Å². The fourth-order valence-electron chi connectivity index (χ4n) is 3.87. The molecule has 0 saturated carbocycles. The van der Waals surface area contributed by atoms with E-state index in [1.54, 1.807) is 12.1 Å². The smallest absolute Gasteiger partial charge is 0.418 e. The van der Waals surface area contributed by atoms with E-state index >= 15 is 0 Å². The average Bonchev–Trinajstić information content (AvgIpc) is 3.01. The zero-order valence-corrected chi connectivity index (χ0v) is 31.5. The third-order valence-electron chi connectivity index (χ3n) is 5.84. The standard InChI is InChI=1S/C30H33NP2.2C2H3N.2BF4.Pd/c1-30(2,3)31(24-32(26-16-8-4-9-17-26)27-18-10-5-11-19-27)25-33(28-20-12-6-13-21-28)29-22-14-7-15-23-29;2*1-2-3;2*2-1(3,4)5;/h4-23H,24-25H2,1-3H3;2*1H3;;;/q;;;2*-1;+2. The summed E-state index contributed by atoms with van der Waals surface area (Å²) in [5.74, 6) is 0. The predicted molar refractivity (Wildman–Crippen MR) is 192 cm³/mol. The van der Waals surface area contributed by atoms with Crippen LogP contribution in [0.5, 0.6) is 0 Å². The molecule has 0 atom stereocenters. The Morgan fingerprint density at radius 2 is 0.660 bits per heavy atom. The Bertz CT molecular complexity index is 1310. The fraction of sp³-hybridized carbons (Fsp3) is 0.235. The first kappa shape index (κ1) is 49.0. The van der Waals surface area contributed by atoms with Crippen LogP contribution in [-0.4, -0.2) is 37.5 Å². The summed E-state index contributed by atoms with van der Waals surface area (Å²) in [6, 6.07) is 47.8. The third-order valence-corrected chi connectivity index (χ3v) is 10.8. The average molecular weight is 832 g/mol. The molecule has 4 aromatic carbocycles. The molecule has 0 fully saturated rings. The van der Waals surface area contributed by atoms with E-state index in [1.165, 1.54) is 35.1 Å². The summed E-state index contributed by atoms with van der Waals surface area (Å²) < 4.78 is 78.0. The molecule has 0 radical (unpaired) electrons. The molecule has 0 heterocycles. The molecule has 3 nitrogen and oxygen atoms in total. The molecular weight excluding hydrogens is 792 g/mol. The molecule has 4 aromatic rings. The summed E-state index contributed by atoms with van der Waals surface area (Å²) in [7, 11) is -13.0. The number of benzene rings is 4. The van der Waals surface area contributed by atoms with Crippen molar-refractivity contribution in [2.24, 2.45) is 0 Å². The molecular formula is C34H39B2F8N3P2Pd. The largest absolute Gasteiger partial charge is 2.00 e. The van der Waals surface area contributed by atoms with Gasteiger partial charge in [-0.2, -0.15) is 10.5 Å². The van der Waals surface area contributed by atoms with Gasteiger partial charge in [-0.05, 0) is 57.8 Å². The molecule has 0 amide bonds. The molecule has 0 aliphatic rings. The number of hydrogen-bond donors (Lipinski definition) is 0. The summed E-state index contributed by atoms with van der Waals surface area (Å²) in [5.41, 5.74) is 0.0638. The van der Waals surface area contributed by atoms with Crippen molar-refractivity contribution in [3.05, 3.63) is 121 Å². The maximum absolute atomic E-state index is 9.75. The van der Waals surface area contributed by atoms with Gasteiger partial charge in [0.05, 0.1) is 12.1 Å². The first-order valence-electron chi connectivity index (χ1n) is 14.7. The predicted octanol–water partition coefficient (Wildman–Crippen LogP) is 9.92. The number of hydrogen-bond acceptors (Lipinski definition) is 3. The molecule has 4 rings (SSSR count). The van der Waals surface area contributed by atoms with Gasteiger partial charge >= 0.3 is 34.9 Å². The van der Waals surface area contributed by atoms with Crippen LogP contribution < -0.4 is 21.2 Å². The minimum Gasteiger partial charge on any atom is -0.418 e. The van der Waals surface area contributed by atoms with Crippen LogP contribution in [0.15, 0.2) is 121 Å². The Hall–Kier alpha value is -3.09. The van der Waals surface area contributed by atoms with Gasteiger partial charge in [-0.1, -0.05) is 121 Å². The first-order chi connectivity index (χ1) is 22.8. The summed E-state index contributed by atoms with van der Waals surface area (Å²) in [6.45, 7) is 9.94. The zero-order valence-electron chi connectivity index (χ0n) is 28.2. The van der Waals surface area contributed by atoms with Gasteiger partial charge in [0.15, 0.2) is 0 Å². The van der Waals surface area contributed by atoms with Gasteiger partial charge in [0.1, 0.15) is 0 Å². The SMILES string of the molecule is CC#N.CC#N.CC(C)(C)N(CP(c1ccccc1)c1ccccc1)CP(c1ccccc1)c1ccccc1.F[B-](F)(F)F.F[B-](F)(F)F.[Pd+2]. The van der Waals surface area contributed by atoms with E-state index < -0.39 is 30.4 Å². The monoisotopic (exact) mass is 831 g/mol. The summed E-state index contributed by atoms with van der Waals surface area (Å²) >= 11 is 0. The van der Waals surface area contributed by atoms with Crippen LogP contribution in [-0.2, 0) is 20.4 Å². The molecule has 16 heteroatoms. The van der Waals surface area contributed by atoms with E-state index in [0.29, 0.717) is 0 Å². The molecule has 50 heavy (non-hydrogen) atoms. The molecule has 0 spiro atoms. The second-order valence-electron chi connectivity index (χ2n) is 10.6. The van der Waals surface area contributed by atoms with Crippen molar-refractivity contribution in [2.45, 2.75) is 40.2 Å². The van der Waals surface area contributed by atoms with Crippen molar-refractivity contribution < 1.29 is 54.9 Å². The van der Waals surface area contributed by atoms with E-state index in [1.807, 2.05) is 0 Å². The minimum atomic E-state index is -6.00. The van der Waals surface area contributed by atoms with Crippen molar-refractivity contribution in [1.82, 2.24) is 4.90 Å². The number of nitriles is 2. The van der Waals surface area contributed by atoms with Gasteiger partial charge in [-0.3, -0.25) is 4.90 Å². The molecule has 0 aromatic heterocycles. The van der Waals surface area contributed by atoms with Crippen LogP contribution in [0, 0.1) is 22.7 Å². The zero-order chi connectivity index (χ0) is 37.5. The second kappa shape index (κ2) is 25.8. The Balaban J connectivity index is 0. The third kappa shape index (κ3) is 25.0. The van der Waals surface area contributed by atoms with E-state index in [4.69, 9.17) is 10.5 Å².